The van der Waals surface area contributed by atoms with Crippen LogP contribution in [0.1, 0.15) is 29.3 Å². The number of nitrogens with one attached hydrogen (secondary N) is 1. The van der Waals surface area contributed by atoms with Crippen LogP contribution in [0.15, 0.2) is 59.1 Å². The lowest BCUT2D eigenvalue weighted by Gasteiger charge is -2.08. The van der Waals surface area contributed by atoms with E-state index in [0.717, 1.165) is 33.5 Å². The highest BCUT2D eigenvalue weighted by molar-refractivity contribution is 8.01. The highest BCUT2D eigenvalue weighted by Crippen LogP contribution is 2.26. The zero-order valence-electron chi connectivity index (χ0n) is 16.6. The lowest BCUT2D eigenvalue weighted by Crippen LogP contribution is -2.12. The molecule has 0 spiro atoms. The van der Waals surface area contributed by atoms with E-state index in [2.05, 4.69) is 51.8 Å². The number of amides is 1. The zero-order chi connectivity index (χ0) is 20.9. The third-order valence-electron chi connectivity index (χ3n) is 4.33. The first-order chi connectivity index (χ1) is 14.6. The Morgan fingerprint density at radius 2 is 1.87 bits per heavy atom. The maximum atomic E-state index is 12.5. The van der Waals surface area contributed by atoms with Crippen LogP contribution in [0.2, 0.25) is 0 Å². The van der Waals surface area contributed by atoms with E-state index in [1.54, 1.807) is 34.8 Å². The Labute approximate surface area is 182 Å². The van der Waals surface area contributed by atoms with Crippen molar-refractivity contribution in [3.63, 3.8) is 0 Å². The fourth-order valence-corrected chi connectivity index (χ4v) is 4.45. The number of aromatic nitrogens is 5. The van der Waals surface area contributed by atoms with Gasteiger partial charge < -0.3 is 0 Å². The summed E-state index contributed by atoms with van der Waals surface area (Å²) < 4.78 is 2.62. The van der Waals surface area contributed by atoms with E-state index in [-0.39, 0.29) is 5.91 Å². The first kappa shape index (κ1) is 20.2. The summed E-state index contributed by atoms with van der Waals surface area (Å²) in [6.07, 6.45) is 2.80. The summed E-state index contributed by atoms with van der Waals surface area (Å²) in [7, 11) is 0. The minimum absolute atomic E-state index is 0.220. The summed E-state index contributed by atoms with van der Waals surface area (Å²) in [6.45, 7) is 4.17. The minimum atomic E-state index is -0.220. The van der Waals surface area contributed by atoms with E-state index < -0.39 is 0 Å². The Bertz CT molecular complexity index is 1140. The largest absolute Gasteiger partial charge is 0.296 e. The third-order valence-corrected chi connectivity index (χ3v) is 6.51. The molecule has 0 radical (unpaired) electrons. The molecule has 2 aromatic heterocycles. The quantitative estimate of drug-likeness (QED) is 0.329. The molecule has 0 aliphatic heterocycles. The SMILES string of the molecule is CCCSc1nnc(NC(=O)c2ccc(-n3nncc3-c3ccc(C)cc3)cc2)s1. The second-order valence-electron chi connectivity index (χ2n) is 6.62. The Morgan fingerprint density at radius 1 is 1.10 bits per heavy atom. The summed E-state index contributed by atoms with van der Waals surface area (Å²) in [5, 5.41) is 19.7. The van der Waals surface area contributed by atoms with Crippen molar-refractivity contribution < 1.29 is 4.79 Å². The normalized spacial score (nSPS) is 10.9. The van der Waals surface area contributed by atoms with Crippen LogP contribution in [0.5, 0.6) is 0 Å². The highest BCUT2D eigenvalue weighted by atomic mass is 32.2. The number of aryl methyl sites for hydroxylation is 1. The molecular weight excluding hydrogens is 416 g/mol. The molecule has 30 heavy (non-hydrogen) atoms. The van der Waals surface area contributed by atoms with Crippen molar-refractivity contribution in [2.45, 2.75) is 24.6 Å². The van der Waals surface area contributed by atoms with Gasteiger partial charge in [-0.15, -0.1) is 15.3 Å². The van der Waals surface area contributed by atoms with Crippen LogP contribution in [-0.2, 0) is 0 Å². The summed E-state index contributed by atoms with van der Waals surface area (Å²) in [5.41, 5.74) is 4.47. The van der Waals surface area contributed by atoms with E-state index in [1.165, 1.54) is 16.9 Å². The van der Waals surface area contributed by atoms with Gasteiger partial charge in [-0.2, -0.15) is 0 Å². The molecule has 0 fully saturated rings. The zero-order valence-corrected chi connectivity index (χ0v) is 18.2. The molecular formula is C21H20N6OS2. The monoisotopic (exact) mass is 436 g/mol. The maximum Gasteiger partial charge on any atom is 0.257 e. The van der Waals surface area contributed by atoms with Gasteiger partial charge in [0.15, 0.2) is 4.34 Å². The van der Waals surface area contributed by atoms with Crippen LogP contribution in [0.25, 0.3) is 16.9 Å². The van der Waals surface area contributed by atoms with Crippen molar-refractivity contribution in [3.8, 4) is 16.9 Å². The van der Waals surface area contributed by atoms with Crippen LogP contribution in [0.4, 0.5) is 5.13 Å². The molecule has 9 heteroatoms. The lowest BCUT2D eigenvalue weighted by molar-refractivity contribution is 0.102. The summed E-state index contributed by atoms with van der Waals surface area (Å²) in [4.78, 5) is 12.5. The van der Waals surface area contributed by atoms with Gasteiger partial charge in [0, 0.05) is 16.9 Å². The Hall–Kier alpha value is -3.04. The molecule has 4 aromatic rings. The molecule has 0 bridgehead atoms. The number of carbonyl (C=O) groups excluding carboxylic acids is 1. The number of anilines is 1. The number of carbonyl (C=O) groups is 1. The number of thioether (sulfide) groups is 1. The van der Waals surface area contributed by atoms with Crippen LogP contribution >= 0.6 is 23.1 Å². The van der Waals surface area contributed by atoms with Gasteiger partial charge in [-0.1, -0.05) is 65.1 Å². The topological polar surface area (TPSA) is 85.6 Å². The minimum Gasteiger partial charge on any atom is -0.296 e. The summed E-state index contributed by atoms with van der Waals surface area (Å²) >= 11 is 3.03. The van der Waals surface area contributed by atoms with Crippen LogP contribution in [0.3, 0.4) is 0 Å². The number of hydrogen-bond acceptors (Lipinski definition) is 7. The van der Waals surface area contributed by atoms with E-state index >= 15 is 0 Å². The predicted octanol–water partition coefficient (Wildman–Crippen LogP) is 4.85. The molecule has 152 valence electrons. The molecule has 0 unspecified atom stereocenters. The molecule has 0 aliphatic carbocycles. The van der Waals surface area contributed by atoms with Crippen LogP contribution in [0, 0.1) is 6.92 Å². The molecule has 0 saturated carbocycles. The molecule has 1 N–H and O–H groups in total. The van der Waals surface area contributed by atoms with Gasteiger partial charge in [0.05, 0.1) is 17.6 Å². The first-order valence-electron chi connectivity index (χ1n) is 9.50. The number of rotatable bonds is 7. The van der Waals surface area contributed by atoms with Gasteiger partial charge in [-0.25, -0.2) is 4.68 Å². The molecule has 0 atom stereocenters. The second kappa shape index (κ2) is 9.19. The van der Waals surface area contributed by atoms with E-state index in [4.69, 9.17) is 0 Å². The molecule has 2 heterocycles. The van der Waals surface area contributed by atoms with Crippen molar-refractivity contribution in [2.75, 3.05) is 11.1 Å². The summed E-state index contributed by atoms with van der Waals surface area (Å²) in [6, 6.07) is 15.4. The Morgan fingerprint density at radius 3 is 2.60 bits per heavy atom. The van der Waals surface area contributed by atoms with E-state index in [9.17, 15) is 4.79 Å². The fraction of sp³-hybridized carbons (Fsp3) is 0.190. The van der Waals surface area contributed by atoms with Crippen LogP contribution in [-0.4, -0.2) is 36.9 Å². The van der Waals surface area contributed by atoms with Gasteiger partial charge in [0.1, 0.15) is 0 Å². The number of benzene rings is 2. The van der Waals surface area contributed by atoms with Gasteiger partial charge in [0.25, 0.3) is 5.91 Å². The van der Waals surface area contributed by atoms with Crippen molar-refractivity contribution in [1.82, 2.24) is 25.2 Å². The average molecular weight is 437 g/mol. The molecule has 7 nitrogen and oxygen atoms in total. The Kier molecular flexibility index (Phi) is 6.20. The number of nitrogens with zero attached hydrogens (tertiary/aromatic N) is 5. The standard InChI is InChI=1S/C21H20N6OS2/c1-3-12-29-21-25-24-20(30-21)23-19(28)16-8-10-17(11-9-16)27-18(13-22-26-27)15-6-4-14(2)5-7-15/h4-11,13H,3,12H2,1-2H3,(H,23,24,28). The molecule has 4 rings (SSSR count). The fourth-order valence-electron chi connectivity index (χ4n) is 2.78. The smallest absolute Gasteiger partial charge is 0.257 e. The van der Waals surface area contributed by atoms with Gasteiger partial charge in [-0.3, -0.25) is 10.1 Å². The van der Waals surface area contributed by atoms with Crippen LogP contribution < -0.4 is 5.32 Å². The highest BCUT2D eigenvalue weighted by Gasteiger charge is 2.13. The number of hydrogen-bond donors (Lipinski definition) is 1. The first-order valence-corrected chi connectivity index (χ1v) is 11.3. The Balaban J connectivity index is 1.48. The van der Waals surface area contributed by atoms with Crippen molar-refractivity contribution >= 4 is 34.1 Å². The molecule has 2 aromatic carbocycles. The molecule has 1 amide bonds. The average Bonchev–Trinajstić information content (AvgIpc) is 3.42. The lowest BCUT2D eigenvalue weighted by atomic mass is 10.1. The molecule has 0 saturated heterocycles. The van der Waals surface area contributed by atoms with Crippen molar-refractivity contribution in [1.29, 1.82) is 0 Å². The van der Waals surface area contributed by atoms with E-state index in [0.29, 0.717) is 10.7 Å². The van der Waals surface area contributed by atoms with E-state index in [1.807, 2.05) is 24.3 Å². The van der Waals surface area contributed by atoms with Gasteiger partial charge in [-0.05, 0) is 37.6 Å². The van der Waals surface area contributed by atoms with Gasteiger partial charge >= 0.3 is 0 Å². The second-order valence-corrected chi connectivity index (χ2v) is 8.94. The van der Waals surface area contributed by atoms with Crippen molar-refractivity contribution in [2.24, 2.45) is 0 Å². The predicted molar refractivity (Wildman–Crippen MR) is 120 cm³/mol. The summed E-state index contributed by atoms with van der Waals surface area (Å²) in [5.74, 6) is 0.763. The maximum absolute atomic E-state index is 12.5. The van der Waals surface area contributed by atoms with Gasteiger partial charge in [0.2, 0.25) is 5.13 Å². The van der Waals surface area contributed by atoms with Crippen molar-refractivity contribution in [3.05, 3.63) is 65.9 Å². The molecule has 0 aliphatic rings. The third kappa shape index (κ3) is 4.58.